The number of rotatable bonds is 8. The van der Waals surface area contributed by atoms with Crippen molar-refractivity contribution in [2.24, 2.45) is 0 Å². The molecule has 0 saturated carbocycles. The zero-order valence-corrected chi connectivity index (χ0v) is 10.00. The molecule has 0 saturated heterocycles. The van der Waals surface area contributed by atoms with E-state index in [0.717, 1.165) is 25.3 Å². The van der Waals surface area contributed by atoms with Crippen molar-refractivity contribution in [2.45, 2.75) is 52.6 Å². The smallest absolute Gasteiger partial charge is 0.0949 e. The summed E-state index contributed by atoms with van der Waals surface area (Å²) in [4.78, 5) is 4.35. The average molecular weight is 209 g/mol. The Bertz CT molecular complexity index is 255. The summed E-state index contributed by atoms with van der Waals surface area (Å²) in [6, 6.07) is 0. The van der Waals surface area contributed by atoms with Crippen LogP contribution in [0.2, 0.25) is 0 Å². The lowest BCUT2D eigenvalue weighted by molar-refractivity contribution is 0.581. The van der Waals surface area contributed by atoms with E-state index >= 15 is 0 Å². The van der Waals surface area contributed by atoms with Crippen LogP contribution in [0.5, 0.6) is 0 Å². The second-order valence-corrected chi connectivity index (χ2v) is 3.94. The number of nitrogens with one attached hydrogen (secondary N) is 1. The Morgan fingerprint density at radius 1 is 1.27 bits per heavy atom. The summed E-state index contributed by atoms with van der Waals surface area (Å²) < 4.78 is 2.20. The Hall–Kier alpha value is -0.830. The summed E-state index contributed by atoms with van der Waals surface area (Å²) in [7, 11) is 0. The van der Waals surface area contributed by atoms with Crippen molar-refractivity contribution in [1.29, 1.82) is 0 Å². The molecule has 0 unspecified atom stereocenters. The van der Waals surface area contributed by atoms with Gasteiger partial charge in [0.1, 0.15) is 0 Å². The Balaban J connectivity index is 2.20. The van der Waals surface area contributed by atoms with Gasteiger partial charge in [-0.1, -0.05) is 33.1 Å². The molecule has 0 aromatic carbocycles. The van der Waals surface area contributed by atoms with Crippen LogP contribution in [-0.2, 0) is 13.1 Å². The zero-order chi connectivity index (χ0) is 10.9. The summed E-state index contributed by atoms with van der Waals surface area (Å²) in [5.41, 5.74) is 1.15. The van der Waals surface area contributed by atoms with Crippen LogP contribution in [0.1, 0.15) is 45.2 Å². The summed E-state index contributed by atoms with van der Waals surface area (Å²) in [6.07, 6.45) is 9.34. The molecular weight excluding hydrogens is 186 g/mol. The maximum Gasteiger partial charge on any atom is 0.0949 e. The van der Waals surface area contributed by atoms with Crippen molar-refractivity contribution in [3.8, 4) is 0 Å². The van der Waals surface area contributed by atoms with Gasteiger partial charge < -0.3 is 9.88 Å². The highest BCUT2D eigenvalue weighted by molar-refractivity contribution is 4.95. The second-order valence-electron chi connectivity index (χ2n) is 3.94. The van der Waals surface area contributed by atoms with Crippen LogP contribution in [0.25, 0.3) is 0 Å². The third-order valence-electron chi connectivity index (χ3n) is 2.51. The van der Waals surface area contributed by atoms with Crippen molar-refractivity contribution in [2.75, 3.05) is 6.54 Å². The van der Waals surface area contributed by atoms with Crippen molar-refractivity contribution in [3.05, 3.63) is 18.2 Å². The van der Waals surface area contributed by atoms with Gasteiger partial charge in [0, 0.05) is 19.3 Å². The first-order valence-corrected chi connectivity index (χ1v) is 6.08. The van der Waals surface area contributed by atoms with Gasteiger partial charge in [-0.2, -0.15) is 0 Å². The molecule has 0 radical (unpaired) electrons. The molecule has 15 heavy (non-hydrogen) atoms. The Kier molecular flexibility index (Phi) is 6.09. The van der Waals surface area contributed by atoms with E-state index < -0.39 is 0 Å². The van der Waals surface area contributed by atoms with Crippen LogP contribution in [0.4, 0.5) is 0 Å². The summed E-state index contributed by atoms with van der Waals surface area (Å²) in [5, 5.41) is 3.28. The topological polar surface area (TPSA) is 29.9 Å². The van der Waals surface area contributed by atoms with Crippen LogP contribution in [0, 0.1) is 0 Å². The van der Waals surface area contributed by atoms with Crippen LogP contribution >= 0.6 is 0 Å². The molecule has 1 N–H and O–H groups in total. The monoisotopic (exact) mass is 209 g/mol. The van der Waals surface area contributed by atoms with E-state index in [1.807, 2.05) is 6.33 Å². The summed E-state index contributed by atoms with van der Waals surface area (Å²) in [5.74, 6) is 0. The maximum absolute atomic E-state index is 4.35. The predicted octanol–water partition coefficient (Wildman–Crippen LogP) is 2.57. The van der Waals surface area contributed by atoms with E-state index in [0.29, 0.717) is 0 Å². The van der Waals surface area contributed by atoms with Gasteiger partial charge in [0.05, 0.1) is 12.0 Å². The van der Waals surface area contributed by atoms with Crippen molar-refractivity contribution in [3.63, 3.8) is 0 Å². The van der Waals surface area contributed by atoms with Gasteiger partial charge in [0.2, 0.25) is 0 Å². The van der Waals surface area contributed by atoms with Gasteiger partial charge in [-0.15, -0.1) is 0 Å². The van der Waals surface area contributed by atoms with E-state index in [-0.39, 0.29) is 0 Å². The fourth-order valence-electron chi connectivity index (χ4n) is 1.59. The van der Waals surface area contributed by atoms with Gasteiger partial charge in [-0.05, 0) is 13.0 Å². The largest absolute Gasteiger partial charge is 0.337 e. The molecule has 3 nitrogen and oxygen atoms in total. The third-order valence-corrected chi connectivity index (χ3v) is 2.51. The minimum Gasteiger partial charge on any atom is -0.337 e. The summed E-state index contributed by atoms with van der Waals surface area (Å²) in [6.45, 7) is 7.36. The Labute approximate surface area is 92.9 Å². The lowest BCUT2D eigenvalue weighted by Gasteiger charge is -2.00. The van der Waals surface area contributed by atoms with E-state index in [9.17, 15) is 0 Å². The highest BCUT2D eigenvalue weighted by Gasteiger charge is 1.97. The molecule has 0 fully saturated rings. The molecule has 0 atom stereocenters. The number of aromatic nitrogens is 2. The highest BCUT2D eigenvalue weighted by atomic mass is 15.0. The van der Waals surface area contributed by atoms with Crippen LogP contribution < -0.4 is 5.32 Å². The van der Waals surface area contributed by atoms with Gasteiger partial charge in [-0.25, -0.2) is 4.98 Å². The fraction of sp³-hybridized carbons (Fsp3) is 0.750. The molecule has 1 aromatic heterocycles. The SMILES string of the molecule is CCCCCCn1cnc(CNCC)c1. The van der Waals surface area contributed by atoms with Crippen LogP contribution in [0.15, 0.2) is 12.5 Å². The molecule has 1 aromatic rings. The fourth-order valence-corrected chi connectivity index (χ4v) is 1.59. The van der Waals surface area contributed by atoms with Crippen molar-refractivity contribution < 1.29 is 0 Å². The molecule has 1 heterocycles. The van der Waals surface area contributed by atoms with Gasteiger partial charge in [0.15, 0.2) is 0 Å². The van der Waals surface area contributed by atoms with Crippen molar-refractivity contribution >= 4 is 0 Å². The van der Waals surface area contributed by atoms with Gasteiger partial charge >= 0.3 is 0 Å². The van der Waals surface area contributed by atoms with E-state index in [1.54, 1.807) is 0 Å². The molecule has 0 amide bonds. The minimum atomic E-state index is 0.887. The molecule has 0 aliphatic rings. The number of hydrogen-bond acceptors (Lipinski definition) is 2. The van der Waals surface area contributed by atoms with Gasteiger partial charge in [-0.3, -0.25) is 0 Å². The predicted molar refractivity (Wildman–Crippen MR) is 63.7 cm³/mol. The minimum absolute atomic E-state index is 0.887. The Morgan fingerprint density at radius 3 is 2.87 bits per heavy atom. The molecule has 0 spiro atoms. The van der Waals surface area contributed by atoms with Gasteiger partial charge in [0.25, 0.3) is 0 Å². The molecule has 0 aliphatic heterocycles. The number of unbranched alkanes of at least 4 members (excludes halogenated alkanes) is 3. The number of aryl methyl sites for hydroxylation is 1. The number of hydrogen-bond donors (Lipinski definition) is 1. The quantitative estimate of drug-likeness (QED) is 0.667. The molecule has 0 bridgehead atoms. The van der Waals surface area contributed by atoms with E-state index in [1.165, 1.54) is 25.7 Å². The lowest BCUT2D eigenvalue weighted by Crippen LogP contribution is -2.11. The third kappa shape index (κ3) is 4.98. The zero-order valence-electron chi connectivity index (χ0n) is 10.00. The normalized spacial score (nSPS) is 10.8. The molecule has 1 rings (SSSR count). The van der Waals surface area contributed by atoms with E-state index in [4.69, 9.17) is 0 Å². The standard InChI is InChI=1S/C12H23N3/c1-3-5-6-7-8-15-10-12(14-11-15)9-13-4-2/h10-11,13H,3-9H2,1-2H3. The lowest BCUT2D eigenvalue weighted by atomic mass is 10.2. The second kappa shape index (κ2) is 7.46. The van der Waals surface area contributed by atoms with Crippen molar-refractivity contribution in [1.82, 2.24) is 14.9 Å². The summed E-state index contributed by atoms with van der Waals surface area (Å²) >= 11 is 0. The van der Waals surface area contributed by atoms with Crippen LogP contribution in [0.3, 0.4) is 0 Å². The molecule has 0 aliphatic carbocycles. The van der Waals surface area contributed by atoms with E-state index in [2.05, 4.69) is 34.9 Å². The Morgan fingerprint density at radius 2 is 2.13 bits per heavy atom. The molecular formula is C12H23N3. The average Bonchev–Trinajstić information content (AvgIpc) is 2.69. The first-order chi connectivity index (χ1) is 7.36. The first kappa shape index (κ1) is 12.2. The number of imidazole rings is 1. The number of nitrogens with zero attached hydrogens (tertiary/aromatic N) is 2. The molecule has 3 heteroatoms. The maximum atomic E-state index is 4.35. The first-order valence-electron chi connectivity index (χ1n) is 6.08. The highest BCUT2D eigenvalue weighted by Crippen LogP contribution is 2.03. The molecule has 86 valence electrons. The van der Waals surface area contributed by atoms with Crippen LogP contribution in [-0.4, -0.2) is 16.1 Å².